The number of aliphatic hydroxyl groups excluding tert-OH is 1. The van der Waals surface area contributed by atoms with Gasteiger partial charge in [0, 0.05) is 24.5 Å². The maximum Gasteiger partial charge on any atom is 0.225 e. The summed E-state index contributed by atoms with van der Waals surface area (Å²) in [6, 6.07) is 18.1. The van der Waals surface area contributed by atoms with Crippen molar-refractivity contribution in [3.05, 3.63) is 72.7 Å². The van der Waals surface area contributed by atoms with Gasteiger partial charge in [0.25, 0.3) is 0 Å². The summed E-state index contributed by atoms with van der Waals surface area (Å²) in [5, 5.41) is 17.9. The zero-order valence-corrected chi connectivity index (χ0v) is 19.2. The van der Waals surface area contributed by atoms with E-state index in [0.717, 1.165) is 29.6 Å². The largest absolute Gasteiger partial charge is 0.392 e. The number of benzene rings is 2. The summed E-state index contributed by atoms with van der Waals surface area (Å²) in [5.74, 6) is 1.26. The highest BCUT2D eigenvalue weighted by atomic mass is 16.3. The molecule has 34 heavy (non-hydrogen) atoms. The van der Waals surface area contributed by atoms with Crippen LogP contribution in [0.25, 0.3) is 16.9 Å². The van der Waals surface area contributed by atoms with E-state index in [-0.39, 0.29) is 12.1 Å². The van der Waals surface area contributed by atoms with Gasteiger partial charge in [0.2, 0.25) is 12.4 Å². The normalized spacial score (nSPS) is 18.1. The first-order valence-electron chi connectivity index (χ1n) is 11.3. The second kappa shape index (κ2) is 10.9. The zero-order valence-electron chi connectivity index (χ0n) is 19.2. The predicted molar refractivity (Wildman–Crippen MR) is 133 cm³/mol. The van der Waals surface area contributed by atoms with E-state index in [9.17, 15) is 4.79 Å². The smallest absolute Gasteiger partial charge is 0.225 e. The molecule has 1 unspecified atom stereocenters. The topological polar surface area (TPSA) is 117 Å². The number of aromatic nitrogens is 4. The Kier molecular flexibility index (Phi) is 7.46. The summed E-state index contributed by atoms with van der Waals surface area (Å²) >= 11 is 0. The molecular weight excluding hydrogens is 430 g/mol. The molecule has 176 valence electrons. The maximum absolute atomic E-state index is 10.6. The zero-order chi connectivity index (χ0) is 23.9. The lowest BCUT2D eigenvalue weighted by molar-refractivity contribution is -0.105. The molecule has 1 aliphatic rings. The Morgan fingerprint density at radius 2 is 2.00 bits per heavy atom. The van der Waals surface area contributed by atoms with E-state index in [1.54, 1.807) is 12.5 Å². The minimum Gasteiger partial charge on any atom is -0.392 e. The Balaban J connectivity index is 0.000000336. The van der Waals surface area contributed by atoms with Crippen LogP contribution >= 0.6 is 0 Å². The van der Waals surface area contributed by atoms with Gasteiger partial charge >= 0.3 is 0 Å². The molecule has 1 aliphatic heterocycles. The Bertz CT molecular complexity index is 1220. The highest BCUT2D eigenvalue weighted by Gasteiger charge is 2.16. The molecule has 0 saturated carbocycles. The fraction of sp³-hybridized carbons (Fsp3) is 0.280. The van der Waals surface area contributed by atoms with Crippen LogP contribution in [0.15, 0.2) is 67.1 Å². The molecule has 5 rings (SSSR count). The lowest BCUT2D eigenvalue weighted by Crippen LogP contribution is -2.17. The molecule has 3 atom stereocenters. The van der Waals surface area contributed by atoms with E-state index in [2.05, 4.69) is 56.9 Å². The van der Waals surface area contributed by atoms with Crippen molar-refractivity contribution in [3.63, 3.8) is 0 Å². The van der Waals surface area contributed by atoms with Crippen molar-refractivity contribution in [2.75, 3.05) is 17.2 Å². The second-order valence-electron chi connectivity index (χ2n) is 8.29. The van der Waals surface area contributed by atoms with Crippen molar-refractivity contribution in [2.45, 2.75) is 38.5 Å². The number of aliphatic hydroxyl groups is 1. The van der Waals surface area contributed by atoms with Gasteiger partial charge in [-0.05, 0) is 50.1 Å². The molecule has 9 heteroatoms. The van der Waals surface area contributed by atoms with E-state index in [0.29, 0.717) is 29.9 Å². The fourth-order valence-electron chi connectivity index (χ4n) is 3.84. The minimum absolute atomic E-state index is 0.0814. The Morgan fingerprint density at radius 3 is 2.68 bits per heavy atom. The molecule has 9 nitrogen and oxygen atoms in total. The molecule has 2 aromatic heterocycles. The SMILES string of the molecule is C[C@H](Nc1nccc(-n2cnc3cc(NC=O)ccc32)n1)c1ccccc1.C[C@H]1CC(O)CN1. The first kappa shape index (κ1) is 23.3. The van der Waals surface area contributed by atoms with Gasteiger partial charge < -0.3 is 21.1 Å². The number of amides is 1. The number of nitrogens with one attached hydrogen (secondary N) is 3. The van der Waals surface area contributed by atoms with Crippen LogP contribution in [0, 0.1) is 0 Å². The molecule has 1 saturated heterocycles. The van der Waals surface area contributed by atoms with Gasteiger partial charge in [-0.3, -0.25) is 9.36 Å². The average Bonchev–Trinajstić information content (AvgIpc) is 3.45. The van der Waals surface area contributed by atoms with Crippen LogP contribution < -0.4 is 16.0 Å². The van der Waals surface area contributed by atoms with Crippen LogP contribution in [-0.2, 0) is 4.79 Å². The van der Waals surface area contributed by atoms with Gasteiger partial charge in [-0.15, -0.1) is 0 Å². The van der Waals surface area contributed by atoms with Crippen LogP contribution in [0.4, 0.5) is 11.6 Å². The van der Waals surface area contributed by atoms with Crippen molar-refractivity contribution in [3.8, 4) is 5.82 Å². The number of fused-ring (bicyclic) bond motifs is 1. The molecular formula is C25H29N7O2. The second-order valence-corrected chi connectivity index (χ2v) is 8.29. The third kappa shape index (κ3) is 5.75. The van der Waals surface area contributed by atoms with E-state index in [1.165, 1.54) is 0 Å². The van der Waals surface area contributed by atoms with Crippen molar-refractivity contribution >= 4 is 29.1 Å². The molecule has 2 aromatic carbocycles. The third-order valence-corrected chi connectivity index (χ3v) is 5.63. The molecule has 1 amide bonds. The number of rotatable bonds is 6. The number of nitrogens with zero attached hydrogens (tertiary/aromatic N) is 4. The number of β-amino-alcohol motifs (C(OH)–C–C–N with tert-alkyl or cyclic N) is 1. The molecule has 0 bridgehead atoms. The van der Waals surface area contributed by atoms with Crippen molar-refractivity contribution in [1.29, 1.82) is 0 Å². The van der Waals surface area contributed by atoms with Crippen molar-refractivity contribution < 1.29 is 9.90 Å². The summed E-state index contributed by atoms with van der Waals surface area (Å²) in [6.45, 7) is 4.93. The first-order valence-corrected chi connectivity index (χ1v) is 11.3. The molecule has 0 aliphatic carbocycles. The third-order valence-electron chi connectivity index (χ3n) is 5.63. The summed E-state index contributed by atoms with van der Waals surface area (Å²) in [6.07, 6.45) is 4.91. The Labute approximate surface area is 198 Å². The Morgan fingerprint density at radius 1 is 1.18 bits per heavy atom. The Hall–Kier alpha value is -3.82. The molecule has 0 radical (unpaired) electrons. The van der Waals surface area contributed by atoms with Crippen molar-refractivity contribution in [2.24, 2.45) is 0 Å². The number of hydrogen-bond acceptors (Lipinski definition) is 7. The number of imidazole rings is 1. The number of carbonyl (C=O) groups is 1. The van der Waals surface area contributed by atoms with Crippen LogP contribution in [0.5, 0.6) is 0 Å². The molecule has 1 fully saturated rings. The number of hydrogen-bond donors (Lipinski definition) is 4. The number of anilines is 2. The minimum atomic E-state index is -0.0880. The van der Waals surface area contributed by atoms with E-state index >= 15 is 0 Å². The van der Waals surface area contributed by atoms with Crippen LogP contribution in [0.1, 0.15) is 31.9 Å². The molecule has 4 N–H and O–H groups in total. The van der Waals surface area contributed by atoms with Crippen LogP contribution in [-0.4, -0.2) is 49.7 Å². The summed E-state index contributed by atoms with van der Waals surface area (Å²) < 4.78 is 1.89. The van der Waals surface area contributed by atoms with E-state index in [4.69, 9.17) is 5.11 Å². The monoisotopic (exact) mass is 459 g/mol. The highest BCUT2D eigenvalue weighted by Crippen LogP contribution is 2.22. The molecule has 4 aromatic rings. The fourth-order valence-corrected chi connectivity index (χ4v) is 3.84. The van der Waals surface area contributed by atoms with Crippen LogP contribution in [0.2, 0.25) is 0 Å². The summed E-state index contributed by atoms with van der Waals surface area (Å²) in [7, 11) is 0. The lowest BCUT2D eigenvalue weighted by atomic mass is 10.1. The average molecular weight is 460 g/mol. The predicted octanol–water partition coefficient (Wildman–Crippen LogP) is 3.29. The molecule has 0 spiro atoms. The van der Waals surface area contributed by atoms with Crippen LogP contribution in [0.3, 0.4) is 0 Å². The summed E-state index contributed by atoms with van der Waals surface area (Å²) in [5.41, 5.74) is 3.53. The number of carbonyl (C=O) groups excluding carboxylic acids is 1. The standard InChI is InChI=1S/C20H18N6O.C5H11NO/c1-14(15-5-3-2-4-6-15)24-20-21-10-9-19(25-20)26-12-22-17-11-16(23-13-27)7-8-18(17)26;1-4-2-5(7)3-6-4/h2-14H,1H3,(H,23,27)(H,21,24,25);4-7H,2-3H2,1H3/t14-;4-,5?/m00/s1. The highest BCUT2D eigenvalue weighted by molar-refractivity contribution is 5.84. The van der Waals surface area contributed by atoms with Gasteiger partial charge in [0.15, 0.2) is 0 Å². The maximum atomic E-state index is 10.6. The van der Waals surface area contributed by atoms with E-state index < -0.39 is 0 Å². The van der Waals surface area contributed by atoms with Gasteiger partial charge in [0.05, 0.1) is 23.2 Å². The van der Waals surface area contributed by atoms with Crippen molar-refractivity contribution in [1.82, 2.24) is 24.8 Å². The molecule has 3 heterocycles. The van der Waals surface area contributed by atoms with E-state index in [1.807, 2.05) is 47.0 Å². The van der Waals surface area contributed by atoms with Gasteiger partial charge in [-0.1, -0.05) is 30.3 Å². The lowest BCUT2D eigenvalue weighted by Gasteiger charge is -2.14. The van der Waals surface area contributed by atoms with Gasteiger partial charge in [0.1, 0.15) is 12.1 Å². The summed E-state index contributed by atoms with van der Waals surface area (Å²) in [4.78, 5) is 24.0. The van der Waals surface area contributed by atoms with Gasteiger partial charge in [-0.2, -0.15) is 4.98 Å². The first-order chi connectivity index (χ1) is 16.5. The van der Waals surface area contributed by atoms with Gasteiger partial charge in [-0.25, -0.2) is 9.97 Å². The quantitative estimate of drug-likeness (QED) is 0.327.